The van der Waals surface area contributed by atoms with E-state index in [4.69, 9.17) is 0 Å². The second kappa shape index (κ2) is 5.78. The standard InChI is InChI=1S/C18H24N2O2S/c1-10(2)8-12-15(18(12,3)4)17(22)20-19-16(21)14-9-11-6-5-7-13(11)23-14/h8-9,12,15H,5-7H2,1-4H3,(H,19,21)(H,20,22). The number of nitrogens with one attached hydrogen (secondary N) is 2. The van der Waals surface area contributed by atoms with Crippen LogP contribution in [0.4, 0.5) is 0 Å². The molecule has 2 N–H and O–H groups in total. The lowest BCUT2D eigenvalue weighted by Crippen LogP contribution is -2.42. The molecular formula is C18H24N2O2S. The molecule has 2 amide bonds. The summed E-state index contributed by atoms with van der Waals surface area (Å²) >= 11 is 1.54. The molecule has 1 aromatic heterocycles. The van der Waals surface area contributed by atoms with E-state index in [1.807, 2.05) is 19.9 Å². The van der Waals surface area contributed by atoms with Gasteiger partial charge in [-0.25, -0.2) is 0 Å². The summed E-state index contributed by atoms with van der Waals surface area (Å²) in [6.45, 7) is 8.27. The van der Waals surface area contributed by atoms with Crippen LogP contribution in [0.15, 0.2) is 17.7 Å². The highest BCUT2D eigenvalue weighted by molar-refractivity contribution is 7.14. The van der Waals surface area contributed by atoms with Crippen LogP contribution in [0.25, 0.3) is 0 Å². The van der Waals surface area contributed by atoms with Gasteiger partial charge in [-0.05, 0) is 56.1 Å². The van der Waals surface area contributed by atoms with Gasteiger partial charge in [-0.1, -0.05) is 25.5 Å². The van der Waals surface area contributed by atoms with Crippen LogP contribution >= 0.6 is 11.3 Å². The molecule has 3 rings (SSSR count). The largest absolute Gasteiger partial charge is 0.279 e. The summed E-state index contributed by atoms with van der Waals surface area (Å²) in [4.78, 5) is 26.5. The topological polar surface area (TPSA) is 58.2 Å². The normalized spacial score (nSPS) is 23.8. The van der Waals surface area contributed by atoms with E-state index in [0.717, 1.165) is 12.8 Å². The van der Waals surface area contributed by atoms with Crippen molar-refractivity contribution in [1.29, 1.82) is 0 Å². The molecule has 2 aliphatic carbocycles. The predicted molar refractivity (Wildman–Crippen MR) is 92.1 cm³/mol. The Balaban J connectivity index is 1.57. The van der Waals surface area contributed by atoms with E-state index in [1.165, 1.54) is 22.4 Å². The van der Waals surface area contributed by atoms with Crippen molar-refractivity contribution in [2.24, 2.45) is 17.3 Å². The fourth-order valence-corrected chi connectivity index (χ4v) is 4.70. The lowest BCUT2D eigenvalue weighted by atomic mass is 10.1. The van der Waals surface area contributed by atoms with Crippen molar-refractivity contribution >= 4 is 23.2 Å². The van der Waals surface area contributed by atoms with Gasteiger partial charge in [-0.15, -0.1) is 11.3 Å². The van der Waals surface area contributed by atoms with Gasteiger partial charge in [0.05, 0.1) is 10.8 Å². The highest BCUT2D eigenvalue weighted by atomic mass is 32.1. The minimum Gasteiger partial charge on any atom is -0.273 e. The third kappa shape index (κ3) is 3.07. The number of carbonyl (C=O) groups excluding carboxylic acids is 2. The number of hydrazine groups is 1. The van der Waals surface area contributed by atoms with Crippen LogP contribution in [0, 0.1) is 17.3 Å². The van der Waals surface area contributed by atoms with Gasteiger partial charge >= 0.3 is 0 Å². The average Bonchev–Trinajstić information content (AvgIpc) is 2.85. The van der Waals surface area contributed by atoms with Gasteiger partial charge in [0.15, 0.2) is 0 Å². The molecule has 0 bridgehead atoms. The number of amides is 2. The number of rotatable bonds is 3. The van der Waals surface area contributed by atoms with Crippen LogP contribution in [0.2, 0.25) is 0 Å². The molecule has 5 heteroatoms. The van der Waals surface area contributed by atoms with Crippen LogP contribution in [0.5, 0.6) is 0 Å². The Labute approximate surface area is 141 Å². The van der Waals surface area contributed by atoms with Crippen LogP contribution in [0.1, 0.15) is 54.2 Å². The predicted octanol–water partition coefficient (Wildman–Crippen LogP) is 3.24. The molecule has 0 radical (unpaired) electrons. The smallest absolute Gasteiger partial charge is 0.273 e. The van der Waals surface area contributed by atoms with Crippen molar-refractivity contribution in [3.63, 3.8) is 0 Å². The number of thiophene rings is 1. The summed E-state index contributed by atoms with van der Waals surface area (Å²) in [5, 5.41) is 0. The first kappa shape index (κ1) is 16.2. The molecule has 0 aromatic carbocycles. The summed E-state index contributed by atoms with van der Waals surface area (Å²) in [6.07, 6.45) is 5.46. The van der Waals surface area contributed by atoms with Crippen molar-refractivity contribution in [3.8, 4) is 0 Å². The molecule has 2 atom stereocenters. The first-order valence-corrected chi connectivity index (χ1v) is 8.99. The SMILES string of the molecule is CC(C)=CC1C(C(=O)NNC(=O)c2cc3c(s2)CCC3)C1(C)C. The van der Waals surface area contributed by atoms with Gasteiger partial charge in [-0.3, -0.25) is 20.4 Å². The number of aryl methyl sites for hydroxylation is 2. The number of hydrogen-bond acceptors (Lipinski definition) is 3. The minimum absolute atomic E-state index is 0.0454. The average molecular weight is 332 g/mol. The third-order valence-electron chi connectivity index (χ3n) is 4.98. The van der Waals surface area contributed by atoms with Crippen LogP contribution < -0.4 is 10.9 Å². The lowest BCUT2D eigenvalue weighted by Gasteiger charge is -2.07. The van der Waals surface area contributed by atoms with Gasteiger partial charge < -0.3 is 0 Å². The van der Waals surface area contributed by atoms with Gasteiger partial charge in [0.25, 0.3) is 5.91 Å². The summed E-state index contributed by atoms with van der Waals surface area (Å²) < 4.78 is 0. The molecule has 0 spiro atoms. The van der Waals surface area contributed by atoms with Gasteiger partial charge in [0.1, 0.15) is 0 Å². The zero-order chi connectivity index (χ0) is 16.8. The maximum atomic E-state index is 12.3. The molecule has 2 aliphatic rings. The molecule has 1 aromatic rings. The van der Waals surface area contributed by atoms with Gasteiger partial charge in [-0.2, -0.15) is 0 Å². The van der Waals surface area contributed by atoms with Gasteiger partial charge in [0, 0.05) is 4.88 Å². The quantitative estimate of drug-likeness (QED) is 0.659. The molecule has 124 valence electrons. The molecular weight excluding hydrogens is 308 g/mol. The molecule has 0 saturated heterocycles. The fraction of sp³-hybridized carbons (Fsp3) is 0.556. The summed E-state index contributed by atoms with van der Waals surface area (Å²) in [6, 6.07) is 1.96. The Hall–Kier alpha value is -1.62. The Morgan fingerprint density at radius 1 is 1.26 bits per heavy atom. The molecule has 1 fully saturated rings. The van der Waals surface area contributed by atoms with E-state index in [-0.39, 0.29) is 29.1 Å². The van der Waals surface area contributed by atoms with Gasteiger partial charge in [0.2, 0.25) is 5.91 Å². The Morgan fingerprint density at radius 3 is 2.65 bits per heavy atom. The zero-order valence-electron chi connectivity index (χ0n) is 14.2. The monoisotopic (exact) mass is 332 g/mol. The summed E-state index contributed by atoms with van der Waals surface area (Å²) in [5.41, 5.74) is 7.64. The lowest BCUT2D eigenvalue weighted by molar-refractivity contribution is -0.123. The van der Waals surface area contributed by atoms with Crippen molar-refractivity contribution in [2.45, 2.75) is 47.0 Å². The second-order valence-electron chi connectivity index (χ2n) is 7.42. The van der Waals surface area contributed by atoms with E-state index in [1.54, 1.807) is 11.3 Å². The number of allylic oxidation sites excluding steroid dienone is 2. The van der Waals surface area contributed by atoms with E-state index in [0.29, 0.717) is 4.88 Å². The first-order valence-electron chi connectivity index (χ1n) is 8.17. The van der Waals surface area contributed by atoms with Crippen LogP contribution in [-0.4, -0.2) is 11.8 Å². The highest BCUT2D eigenvalue weighted by Gasteiger charge is 2.60. The van der Waals surface area contributed by atoms with Crippen LogP contribution in [-0.2, 0) is 17.6 Å². The number of fused-ring (bicyclic) bond motifs is 1. The van der Waals surface area contributed by atoms with Crippen molar-refractivity contribution < 1.29 is 9.59 Å². The summed E-state index contributed by atoms with van der Waals surface area (Å²) in [7, 11) is 0. The van der Waals surface area contributed by atoms with Crippen molar-refractivity contribution in [2.75, 3.05) is 0 Å². The molecule has 2 unspecified atom stereocenters. The molecule has 1 heterocycles. The molecule has 0 aliphatic heterocycles. The Morgan fingerprint density at radius 2 is 2.00 bits per heavy atom. The zero-order valence-corrected chi connectivity index (χ0v) is 15.0. The second-order valence-corrected chi connectivity index (χ2v) is 8.56. The van der Waals surface area contributed by atoms with E-state index in [2.05, 4.69) is 30.8 Å². The van der Waals surface area contributed by atoms with Crippen LogP contribution in [0.3, 0.4) is 0 Å². The molecule has 4 nitrogen and oxygen atoms in total. The Kier molecular flexibility index (Phi) is 4.08. The van der Waals surface area contributed by atoms with E-state index >= 15 is 0 Å². The fourth-order valence-electron chi connectivity index (χ4n) is 3.55. The highest BCUT2D eigenvalue weighted by Crippen LogP contribution is 2.59. The van der Waals surface area contributed by atoms with E-state index in [9.17, 15) is 9.59 Å². The van der Waals surface area contributed by atoms with Crippen molar-refractivity contribution in [1.82, 2.24) is 10.9 Å². The maximum absolute atomic E-state index is 12.3. The molecule has 1 saturated carbocycles. The first-order chi connectivity index (χ1) is 10.8. The van der Waals surface area contributed by atoms with Crippen molar-refractivity contribution in [3.05, 3.63) is 33.0 Å². The maximum Gasteiger partial charge on any atom is 0.279 e. The summed E-state index contributed by atoms with van der Waals surface area (Å²) in [5.74, 6) is -0.147. The number of hydrogen-bond donors (Lipinski definition) is 2. The van der Waals surface area contributed by atoms with E-state index < -0.39 is 0 Å². The minimum atomic E-state index is -0.213. The Bertz CT molecular complexity index is 662. The number of carbonyl (C=O) groups is 2. The molecule has 23 heavy (non-hydrogen) atoms. The third-order valence-corrected chi connectivity index (χ3v) is 6.21.